The average Bonchev–Trinajstić information content (AvgIpc) is 2.58. The second kappa shape index (κ2) is 6.00. The molecule has 98 valence electrons. The first-order valence-corrected chi connectivity index (χ1v) is 5.94. The van der Waals surface area contributed by atoms with Crippen molar-refractivity contribution in [3.8, 4) is 0 Å². The molecule has 1 aliphatic heterocycles. The molecule has 4 atom stereocenters. The maximum Gasteiger partial charge on any atom is 0.305 e. The highest BCUT2D eigenvalue weighted by molar-refractivity contribution is 5.67. The second-order valence-corrected chi connectivity index (χ2v) is 4.42. The molecular formula is C12H20O5. The Hall–Kier alpha value is -1.10. The van der Waals surface area contributed by atoms with Crippen LogP contribution in [0.3, 0.4) is 0 Å². The fourth-order valence-corrected chi connectivity index (χ4v) is 1.87. The van der Waals surface area contributed by atoms with E-state index in [1.165, 1.54) is 13.8 Å². The van der Waals surface area contributed by atoms with Crippen LogP contribution >= 0.6 is 0 Å². The predicted molar refractivity (Wildman–Crippen MR) is 60.1 cm³/mol. The van der Waals surface area contributed by atoms with Gasteiger partial charge in [0, 0.05) is 20.3 Å². The van der Waals surface area contributed by atoms with Crippen LogP contribution in [0.5, 0.6) is 0 Å². The van der Waals surface area contributed by atoms with E-state index in [1.807, 2.05) is 0 Å². The van der Waals surface area contributed by atoms with Gasteiger partial charge in [0.15, 0.2) is 6.10 Å². The van der Waals surface area contributed by atoms with Crippen LogP contribution in [0.2, 0.25) is 0 Å². The third kappa shape index (κ3) is 4.00. The molecule has 17 heavy (non-hydrogen) atoms. The zero-order valence-corrected chi connectivity index (χ0v) is 10.8. The molecule has 0 aromatic heterocycles. The number of carbonyl (C=O) groups excluding carboxylic acids is 2. The number of esters is 2. The molecule has 1 aliphatic rings. The Balaban J connectivity index is 2.64. The lowest BCUT2D eigenvalue weighted by molar-refractivity contribution is -0.196. The Bertz CT molecular complexity index is 265. The van der Waals surface area contributed by atoms with Gasteiger partial charge in [-0.2, -0.15) is 0 Å². The summed E-state index contributed by atoms with van der Waals surface area (Å²) in [6.45, 7) is 6.77. The van der Waals surface area contributed by atoms with Crippen LogP contribution in [0.1, 0.15) is 40.5 Å². The topological polar surface area (TPSA) is 61.8 Å². The van der Waals surface area contributed by atoms with Crippen molar-refractivity contribution in [2.45, 2.75) is 59.0 Å². The van der Waals surface area contributed by atoms with E-state index >= 15 is 0 Å². The molecule has 1 rings (SSSR count). The van der Waals surface area contributed by atoms with Crippen LogP contribution in [0, 0.1) is 5.92 Å². The van der Waals surface area contributed by atoms with E-state index in [0.717, 1.165) is 6.42 Å². The minimum atomic E-state index is -0.768. The molecule has 0 N–H and O–H groups in total. The van der Waals surface area contributed by atoms with Crippen molar-refractivity contribution in [1.82, 2.24) is 0 Å². The minimum absolute atomic E-state index is 0.0336. The summed E-state index contributed by atoms with van der Waals surface area (Å²) in [4.78, 5) is 21.9. The normalized spacial score (nSPS) is 29.8. The molecule has 0 amide bonds. The molecule has 0 bridgehead atoms. The number of carbonyl (C=O) groups is 2. The van der Waals surface area contributed by atoms with Crippen molar-refractivity contribution in [2.24, 2.45) is 5.92 Å². The molecular weight excluding hydrogens is 224 g/mol. The maximum atomic E-state index is 11.0. The number of rotatable bonds is 4. The van der Waals surface area contributed by atoms with E-state index in [-0.39, 0.29) is 12.1 Å². The molecule has 0 radical (unpaired) electrons. The van der Waals surface area contributed by atoms with E-state index in [0.29, 0.717) is 12.3 Å². The van der Waals surface area contributed by atoms with Gasteiger partial charge in [-0.25, -0.2) is 0 Å². The van der Waals surface area contributed by atoms with Gasteiger partial charge in [-0.3, -0.25) is 9.59 Å². The van der Waals surface area contributed by atoms with Gasteiger partial charge < -0.3 is 14.2 Å². The molecule has 1 saturated heterocycles. The summed E-state index contributed by atoms with van der Waals surface area (Å²) < 4.78 is 15.7. The zero-order chi connectivity index (χ0) is 13.0. The number of hydrogen-bond donors (Lipinski definition) is 0. The standard InChI is InChI=1S/C12H20O5/c1-5-7(2)10-6-11(15-8(3)13)12(17-10)16-9(4)14/h7,10-12H,5-6H2,1-4H3/t7-,10-,11+,12?/m0/s1. The van der Waals surface area contributed by atoms with Gasteiger partial charge in [-0.05, 0) is 5.92 Å². The lowest BCUT2D eigenvalue weighted by Crippen LogP contribution is -2.30. The summed E-state index contributed by atoms with van der Waals surface area (Å²) in [6.07, 6.45) is 0.246. The first kappa shape index (κ1) is 14.0. The van der Waals surface area contributed by atoms with Crippen molar-refractivity contribution in [2.75, 3.05) is 0 Å². The lowest BCUT2D eigenvalue weighted by Gasteiger charge is -2.18. The number of hydrogen-bond acceptors (Lipinski definition) is 5. The first-order valence-electron chi connectivity index (χ1n) is 5.94. The van der Waals surface area contributed by atoms with E-state index < -0.39 is 18.4 Å². The summed E-state index contributed by atoms with van der Waals surface area (Å²) >= 11 is 0. The molecule has 5 heteroatoms. The highest BCUT2D eigenvalue weighted by Gasteiger charge is 2.41. The van der Waals surface area contributed by atoms with Crippen molar-refractivity contribution in [1.29, 1.82) is 0 Å². The smallest absolute Gasteiger partial charge is 0.305 e. The minimum Gasteiger partial charge on any atom is -0.456 e. The molecule has 5 nitrogen and oxygen atoms in total. The third-order valence-corrected chi connectivity index (χ3v) is 2.96. The summed E-state index contributed by atoms with van der Waals surface area (Å²) in [5.74, 6) is -0.480. The third-order valence-electron chi connectivity index (χ3n) is 2.96. The molecule has 0 aliphatic carbocycles. The lowest BCUT2D eigenvalue weighted by atomic mass is 9.99. The van der Waals surface area contributed by atoms with Crippen LogP contribution in [-0.4, -0.2) is 30.4 Å². The highest BCUT2D eigenvalue weighted by atomic mass is 16.7. The second-order valence-electron chi connectivity index (χ2n) is 4.42. The monoisotopic (exact) mass is 244 g/mol. The summed E-state index contributed by atoms with van der Waals surface area (Å²) in [5.41, 5.74) is 0. The summed E-state index contributed by atoms with van der Waals surface area (Å²) in [6, 6.07) is 0. The van der Waals surface area contributed by atoms with Crippen LogP contribution in [0.25, 0.3) is 0 Å². The molecule has 0 aromatic carbocycles. The van der Waals surface area contributed by atoms with E-state index in [1.54, 1.807) is 0 Å². The first-order chi connectivity index (χ1) is 7.93. The predicted octanol–water partition coefficient (Wildman–Crippen LogP) is 1.64. The fourth-order valence-electron chi connectivity index (χ4n) is 1.87. The highest BCUT2D eigenvalue weighted by Crippen LogP contribution is 2.30. The quantitative estimate of drug-likeness (QED) is 0.703. The van der Waals surface area contributed by atoms with Crippen LogP contribution < -0.4 is 0 Å². The average molecular weight is 244 g/mol. The Morgan fingerprint density at radius 1 is 1.29 bits per heavy atom. The summed E-state index contributed by atoms with van der Waals surface area (Å²) in [7, 11) is 0. The van der Waals surface area contributed by atoms with Gasteiger partial charge >= 0.3 is 11.9 Å². The Kier molecular flexibility index (Phi) is 4.93. The molecule has 1 fully saturated rings. The van der Waals surface area contributed by atoms with Gasteiger partial charge in [-0.1, -0.05) is 20.3 Å². The molecule has 0 saturated carbocycles. The largest absolute Gasteiger partial charge is 0.456 e. The Morgan fingerprint density at radius 2 is 1.88 bits per heavy atom. The van der Waals surface area contributed by atoms with Crippen LogP contribution in [-0.2, 0) is 23.8 Å². The molecule has 0 spiro atoms. The van der Waals surface area contributed by atoms with E-state index in [9.17, 15) is 9.59 Å². The van der Waals surface area contributed by atoms with E-state index in [2.05, 4.69) is 13.8 Å². The molecule has 0 aromatic rings. The Morgan fingerprint density at radius 3 is 2.35 bits per heavy atom. The van der Waals surface area contributed by atoms with E-state index in [4.69, 9.17) is 14.2 Å². The molecule has 1 heterocycles. The Labute approximate surface area is 101 Å². The fraction of sp³-hybridized carbons (Fsp3) is 0.833. The molecule has 1 unspecified atom stereocenters. The van der Waals surface area contributed by atoms with Crippen molar-refractivity contribution < 1.29 is 23.8 Å². The van der Waals surface area contributed by atoms with Gasteiger partial charge in [-0.15, -0.1) is 0 Å². The summed E-state index contributed by atoms with van der Waals surface area (Å²) in [5, 5.41) is 0. The van der Waals surface area contributed by atoms with Crippen molar-refractivity contribution >= 4 is 11.9 Å². The van der Waals surface area contributed by atoms with Gasteiger partial charge in [0.2, 0.25) is 6.29 Å². The number of ether oxygens (including phenoxy) is 3. The zero-order valence-electron chi connectivity index (χ0n) is 10.8. The maximum absolute atomic E-state index is 11.0. The SMILES string of the molecule is CC[C@H](C)[C@@H]1C[C@@H](OC(C)=O)C(OC(C)=O)O1. The van der Waals surface area contributed by atoms with Gasteiger partial charge in [0.05, 0.1) is 6.10 Å². The van der Waals surface area contributed by atoms with Crippen molar-refractivity contribution in [3.05, 3.63) is 0 Å². The van der Waals surface area contributed by atoms with Crippen LogP contribution in [0.4, 0.5) is 0 Å². The van der Waals surface area contributed by atoms with Gasteiger partial charge in [0.1, 0.15) is 0 Å². The van der Waals surface area contributed by atoms with Crippen molar-refractivity contribution in [3.63, 3.8) is 0 Å². The van der Waals surface area contributed by atoms with Gasteiger partial charge in [0.25, 0.3) is 0 Å². The van der Waals surface area contributed by atoms with Crippen LogP contribution in [0.15, 0.2) is 0 Å².